The van der Waals surface area contributed by atoms with Crippen LogP contribution in [0.3, 0.4) is 0 Å². The zero-order valence-electron chi connectivity index (χ0n) is 9.55. The molecule has 0 heterocycles. The van der Waals surface area contributed by atoms with E-state index in [2.05, 4.69) is 0 Å². The molecule has 0 aliphatic rings. The van der Waals surface area contributed by atoms with E-state index in [-0.39, 0.29) is 12.4 Å². The molecule has 1 aromatic rings. The molecule has 16 heavy (non-hydrogen) atoms. The molecule has 0 saturated carbocycles. The normalized spacial score (nSPS) is 11.4. The predicted molar refractivity (Wildman–Crippen MR) is 65.1 cm³/mol. The first-order valence-corrected chi connectivity index (χ1v) is 6.78. The van der Waals surface area contributed by atoms with Crippen LogP contribution in [-0.2, 0) is 16.4 Å². The number of sulfonamides is 1. The summed E-state index contributed by atoms with van der Waals surface area (Å²) >= 11 is 0. The number of rotatable bonds is 5. The minimum atomic E-state index is -3.40. The summed E-state index contributed by atoms with van der Waals surface area (Å²) in [5.41, 5.74) is 1.78. The number of hydrogen-bond acceptors (Lipinski definition) is 3. The van der Waals surface area contributed by atoms with Crippen LogP contribution in [0.1, 0.15) is 12.5 Å². The smallest absolute Gasteiger partial charge is 0.237 e. The van der Waals surface area contributed by atoms with Gasteiger partial charge in [0, 0.05) is 7.05 Å². The first kappa shape index (κ1) is 13.0. The SMILES string of the molecule is CCc1ccc(N(C)S(=O)(=O)CCO)cc1. The fourth-order valence-electron chi connectivity index (χ4n) is 1.35. The van der Waals surface area contributed by atoms with Crippen molar-refractivity contribution in [3.05, 3.63) is 29.8 Å². The van der Waals surface area contributed by atoms with E-state index in [0.29, 0.717) is 5.69 Å². The van der Waals surface area contributed by atoms with E-state index in [1.807, 2.05) is 19.1 Å². The maximum atomic E-state index is 11.7. The molecule has 1 aromatic carbocycles. The molecule has 0 amide bonds. The molecular formula is C11H17NO3S. The van der Waals surface area contributed by atoms with Gasteiger partial charge in [-0.05, 0) is 24.1 Å². The third-order valence-electron chi connectivity index (χ3n) is 2.47. The molecule has 4 nitrogen and oxygen atoms in total. The largest absolute Gasteiger partial charge is 0.395 e. The maximum absolute atomic E-state index is 11.7. The van der Waals surface area contributed by atoms with Crippen LogP contribution in [0, 0.1) is 0 Å². The van der Waals surface area contributed by atoms with Crippen molar-refractivity contribution in [3.8, 4) is 0 Å². The molecule has 0 spiro atoms. The summed E-state index contributed by atoms with van der Waals surface area (Å²) in [6, 6.07) is 7.35. The van der Waals surface area contributed by atoms with Gasteiger partial charge in [0.2, 0.25) is 10.0 Å². The number of aliphatic hydroxyl groups excluding tert-OH is 1. The number of nitrogens with zero attached hydrogens (tertiary/aromatic N) is 1. The Balaban J connectivity index is 2.92. The van der Waals surface area contributed by atoms with Crippen LogP contribution in [0.15, 0.2) is 24.3 Å². The Morgan fingerprint density at radius 3 is 2.25 bits per heavy atom. The van der Waals surface area contributed by atoms with Crippen LogP contribution in [-0.4, -0.2) is 32.9 Å². The molecule has 0 aromatic heterocycles. The Hall–Kier alpha value is -1.07. The lowest BCUT2D eigenvalue weighted by Crippen LogP contribution is -2.30. The second-order valence-electron chi connectivity index (χ2n) is 3.53. The summed E-state index contributed by atoms with van der Waals surface area (Å²) in [5, 5.41) is 8.67. The molecule has 0 unspecified atom stereocenters. The molecule has 5 heteroatoms. The zero-order valence-corrected chi connectivity index (χ0v) is 10.4. The molecule has 0 aliphatic heterocycles. The van der Waals surface area contributed by atoms with Crippen LogP contribution in [0.4, 0.5) is 5.69 Å². The fraction of sp³-hybridized carbons (Fsp3) is 0.455. The molecular weight excluding hydrogens is 226 g/mol. The van der Waals surface area contributed by atoms with E-state index in [9.17, 15) is 8.42 Å². The Morgan fingerprint density at radius 1 is 1.25 bits per heavy atom. The summed E-state index contributed by atoms with van der Waals surface area (Å²) < 4.78 is 24.5. The summed E-state index contributed by atoms with van der Waals surface area (Å²) in [4.78, 5) is 0. The summed E-state index contributed by atoms with van der Waals surface area (Å²) in [7, 11) is -1.91. The molecule has 0 fully saturated rings. The highest BCUT2D eigenvalue weighted by molar-refractivity contribution is 7.92. The van der Waals surface area contributed by atoms with Crippen LogP contribution in [0.25, 0.3) is 0 Å². The van der Waals surface area contributed by atoms with Gasteiger partial charge in [0.25, 0.3) is 0 Å². The Labute approximate surface area is 96.6 Å². The van der Waals surface area contributed by atoms with Crippen LogP contribution in [0.2, 0.25) is 0 Å². The van der Waals surface area contributed by atoms with Crippen molar-refractivity contribution < 1.29 is 13.5 Å². The van der Waals surface area contributed by atoms with Gasteiger partial charge in [-0.1, -0.05) is 19.1 Å². The minimum Gasteiger partial charge on any atom is -0.395 e. The molecule has 1 rings (SSSR count). The first-order valence-electron chi connectivity index (χ1n) is 5.17. The lowest BCUT2D eigenvalue weighted by atomic mass is 10.1. The highest BCUT2D eigenvalue weighted by Gasteiger charge is 2.17. The van der Waals surface area contributed by atoms with Gasteiger partial charge in [-0.2, -0.15) is 0 Å². The number of aryl methyl sites for hydroxylation is 1. The summed E-state index contributed by atoms with van der Waals surface area (Å²) in [6.07, 6.45) is 0.924. The van der Waals surface area contributed by atoms with Crippen molar-refractivity contribution >= 4 is 15.7 Å². The molecule has 0 radical (unpaired) electrons. The molecule has 0 atom stereocenters. The monoisotopic (exact) mass is 243 g/mol. The molecule has 0 saturated heterocycles. The highest BCUT2D eigenvalue weighted by atomic mass is 32.2. The summed E-state index contributed by atoms with van der Waals surface area (Å²) in [5.74, 6) is -0.251. The van der Waals surface area contributed by atoms with Gasteiger partial charge >= 0.3 is 0 Å². The zero-order chi connectivity index (χ0) is 12.2. The number of benzene rings is 1. The highest BCUT2D eigenvalue weighted by Crippen LogP contribution is 2.17. The van der Waals surface area contributed by atoms with Gasteiger partial charge in [0.1, 0.15) is 0 Å². The Morgan fingerprint density at radius 2 is 1.81 bits per heavy atom. The van der Waals surface area contributed by atoms with Crippen LogP contribution >= 0.6 is 0 Å². The van der Waals surface area contributed by atoms with Gasteiger partial charge in [0.05, 0.1) is 18.0 Å². The maximum Gasteiger partial charge on any atom is 0.237 e. The molecule has 0 aliphatic carbocycles. The molecule has 0 bridgehead atoms. The van der Waals surface area contributed by atoms with E-state index in [4.69, 9.17) is 5.11 Å². The number of anilines is 1. The number of hydrogen-bond donors (Lipinski definition) is 1. The fourth-order valence-corrected chi connectivity index (χ4v) is 2.30. The second-order valence-corrected chi connectivity index (χ2v) is 5.65. The van der Waals surface area contributed by atoms with Crippen molar-refractivity contribution in [3.63, 3.8) is 0 Å². The predicted octanol–water partition coefficient (Wildman–Crippen LogP) is 1.01. The van der Waals surface area contributed by atoms with E-state index in [0.717, 1.165) is 12.0 Å². The van der Waals surface area contributed by atoms with Gasteiger partial charge in [-0.15, -0.1) is 0 Å². The van der Waals surface area contributed by atoms with E-state index in [1.165, 1.54) is 11.4 Å². The van der Waals surface area contributed by atoms with Crippen LogP contribution in [0.5, 0.6) is 0 Å². The topological polar surface area (TPSA) is 57.6 Å². The van der Waals surface area contributed by atoms with Crippen molar-refractivity contribution in [1.29, 1.82) is 0 Å². The third-order valence-corrected chi connectivity index (χ3v) is 4.22. The van der Waals surface area contributed by atoms with Crippen LogP contribution < -0.4 is 4.31 Å². The number of aliphatic hydroxyl groups is 1. The van der Waals surface area contributed by atoms with Crippen molar-refractivity contribution in [1.82, 2.24) is 0 Å². The van der Waals surface area contributed by atoms with Crippen molar-refractivity contribution in [2.45, 2.75) is 13.3 Å². The van der Waals surface area contributed by atoms with Crippen molar-refractivity contribution in [2.75, 3.05) is 23.7 Å². The Bertz CT molecular complexity index is 425. The Kier molecular flexibility index (Phi) is 4.32. The average molecular weight is 243 g/mol. The van der Waals surface area contributed by atoms with Crippen molar-refractivity contribution in [2.24, 2.45) is 0 Å². The van der Waals surface area contributed by atoms with E-state index < -0.39 is 10.0 Å². The second kappa shape index (κ2) is 5.32. The van der Waals surface area contributed by atoms with Gasteiger partial charge in [-0.25, -0.2) is 8.42 Å². The lowest BCUT2D eigenvalue weighted by Gasteiger charge is -2.19. The summed E-state index contributed by atoms with van der Waals surface area (Å²) in [6.45, 7) is 1.68. The lowest BCUT2D eigenvalue weighted by molar-refractivity contribution is 0.319. The molecule has 1 N–H and O–H groups in total. The minimum absolute atomic E-state index is 0.251. The first-order chi connectivity index (χ1) is 7.51. The average Bonchev–Trinajstić information content (AvgIpc) is 2.28. The molecule has 90 valence electrons. The van der Waals surface area contributed by atoms with Gasteiger partial charge in [0.15, 0.2) is 0 Å². The van der Waals surface area contributed by atoms with E-state index >= 15 is 0 Å². The van der Waals surface area contributed by atoms with Gasteiger partial charge < -0.3 is 5.11 Å². The van der Waals surface area contributed by atoms with E-state index in [1.54, 1.807) is 12.1 Å². The quantitative estimate of drug-likeness (QED) is 0.839. The third kappa shape index (κ3) is 2.96. The van der Waals surface area contributed by atoms with Gasteiger partial charge in [-0.3, -0.25) is 4.31 Å². The standard InChI is InChI=1S/C11H17NO3S/c1-3-10-4-6-11(7-5-10)12(2)16(14,15)9-8-13/h4-7,13H,3,8-9H2,1-2H3.